The maximum Gasteiger partial charge on any atom is 0.315 e. The van der Waals surface area contributed by atoms with Gasteiger partial charge in [-0.25, -0.2) is 4.39 Å². The van der Waals surface area contributed by atoms with Crippen molar-refractivity contribution in [2.24, 2.45) is 0 Å². The van der Waals surface area contributed by atoms with Crippen molar-refractivity contribution >= 4 is 17.5 Å². The van der Waals surface area contributed by atoms with Crippen LogP contribution in [0, 0.1) is 15.9 Å². The van der Waals surface area contributed by atoms with Crippen molar-refractivity contribution < 1.29 is 29.1 Å². The van der Waals surface area contributed by atoms with Gasteiger partial charge in [-0.2, -0.15) is 0 Å². The molecule has 1 aliphatic rings. The number of fused-ring (bicyclic) bond motifs is 1. The minimum Gasteiger partial charge on any atom is -0.507 e. The Balaban J connectivity index is 2.17. The lowest BCUT2D eigenvalue weighted by Gasteiger charge is -2.08. The molecule has 0 saturated heterocycles. The standard InChI is InChI=1S/C18H14FNO6/c1-8-10(17(22)16-13(21)4-3-11(19)15(8)16)5-9-6-12(20(24)25)18(23)14(7-9)26-2/h3-8,21,23H,1-2H3/b10-5-/t8-/m0/s1. The van der Waals surface area contributed by atoms with Gasteiger partial charge in [0, 0.05) is 23.1 Å². The molecule has 2 aromatic carbocycles. The highest BCUT2D eigenvalue weighted by Gasteiger charge is 2.36. The van der Waals surface area contributed by atoms with Gasteiger partial charge in [0.15, 0.2) is 11.5 Å². The second kappa shape index (κ2) is 6.14. The van der Waals surface area contributed by atoms with E-state index in [2.05, 4.69) is 0 Å². The number of phenolic OH excluding ortho intramolecular Hbond substituents is 2. The number of nitrogens with zero attached hydrogens (tertiary/aromatic N) is 1. The van der Waals surface area contributed by atoms with Crippen LogP contribution in [0.3, 0.4) is 0 Å². The molecule has 0 fully saturated rings. The molecular weight excluding hydrogens is 345 g/mol. The van der Waals surface area contributed by atoms with Gasteiger partial charge in [0.2, 0.25) is 5.75 Å². The molecule has 0 aliphatic heterocycles. The number of ether oxygens (including phenoxy) is 1. The Labute approximate surface area is 147 Å². The van der Waals surface area contributed by atoms with Crippen molar-refractivity contribution in [3.05, 3.63) is 62.5 Å². The number of hydrogen-bond acceptors (Lipinski definition) is 6. The Bertz CT molecular complexity index is 982. The number of halogens is 1. The van der Waals surface area contributed by atoms with Crippen LogP contribution < -0.4 is 4.74 Å². The lowest BCUT2D eigenvalue weighted by atomic mass is 9.97. The van der Waals surface area contributed by atoms with Crippen LogP contribution >= 0.6 is 0 Å². The summed E-state index contributed by atoms with van der Waals surface area (Å²) in [6, 6.07) is 4.60. The summed E-state index contributed by atoms with van der Waals surface area (Å²) in [5, 5.41) is 30.8. The maximum absolute atomic E-state index is 14.1. The number of nitro groups is 1. The summed E-state index contributed by atoms with van der Waals surface area (Å²) in [5.74, 6) is -2.90. The third-order valence-electron chi connectivity index (χ3n) is 4.38. The third-order valence-corrected chi connectivity index (χ3v) is 4.38. The molecule has 0 aromatic heterocycles. The molecule has 0 radical (unpaired) electrons. The van der Waals surface area contributed by atoms with E-state index in [0.717, 1.165) is 18.2 Å². The fourth-order valence-electron chi connectivity index (χ4n) is 3.10. The van der Waals surface area contributed by atoms with Gasteiger partial charge in [-0.05, 0) is 29.8 Å². The topological polar surface area (TPSA) is 110 Å². The highest BCUT2D eigenvalue weighted by molar-refractivity contribution is 6.18. The number of carbonyl (C=O) groups excluding carboxylic acids is 1. The van der Waals surface area contributed by atoms with Gasteiger partial charge in [0.25, 0.3) is 0 Å². The van der Waals surface area contributed by atoms with Crippen molar-refractivity contribution in [1.82, 2.24) is 0 Å². The van der Waals surface area contributed by atoms with Crippen LogP contribution in [0.25, 0.3) is 6.08 Å². The first-order valence-corrected chi connectivity index (χ1v) is 7.59. The fraction of sp³-hybridized carbons (Fsp3) is 0.167. The summed E-state index contributed by atoms with van der Waals surface area (Å²) in [4.78, 5) is 22.9. The van der Waals surface area contributed by atoms with Crippen molar-refractivity contribution in [3.8, 4) is 17.2 Å². The number of nitro benzene ring substituents is 1. The fourth-order valence-corrected chi connectivity index (χ4v) is 3.10. The molecule has 0 heterocycles. The van der Waals surface area contributed by atoms with Crippen LogP contribution in [0.1, 0.15) is 34.3 Å². The summed E-state index contributed by atoms with van der Waals surface area (Å²) in [5.41, 5.74) is -0.206. The van der Waals surface area contributed by atoms with Crippen LogP contribution in [-0.4, -0.2) is 28.0 Å². The Morgan fingerprint density at radius 2 is 2.00 bits per heavy atom. The smallest absolute Gasteiger partial charge is 0.315 e. The molecule has 1 aliphatic carbocycles. The van der Waals surface area contributed by atoms with E-state index >= 15 is 0 Å². The van der Waals surface area contributed by atoms with Crippen LogP contribution in [0.15, 0.2) is 29.8 Å². The first kappa shape index (κ1) is 17.4. The summed E-state index contributed by atoms with van der Waals surface area (Å²) in [6.07, 6.45) is 1.36. The highest BCUT2D eigenvalue weighted by atomic mass is 19.1. The number of ketones is 1. The molecule has 26 heavy (non-hydrogen) atoms. The largest absolute Gasteiger partial charge is 0.507 e. The second-order valence-corrected chi connectivity index (χ2v) is 5.85. The number of methoxy groups -OCH3 is 1. The first-order valence-electron chi connectivity index (χ1n) is 7.59. The minimum absolute atomic E-state index is 0.0847. The Kier molecular flexibility index (Phi) is 4.11. The predicted octanol–water partition coefficient (Wildman–Crippen LogP) is 3.54. The van der Waals surface area contributed by atoms with Gasteiger partial charge >= 0.3 is 5.69 Å². The summed E-state index contributed by atoms with van der Waals surface area (Å²) in [6.45, 7) is 1.60. The number of phenols is 2. The molecular formula is C18H14FNO6. The molecule has 7 nitrogen and oxygen atoms in total. The molecule has 3 rings (SSSR count). The molecule has 0 spiro atoms. The van der Waals surface area contributed by atoms with Crippen molar-refractivity contribution in [2.45, 2.75) is 12.8 Å². The van der Waals surface area contributed by atoms with E-state index in [1.54, 1.807) is 6.92 Å². The van der Waals surface area contributed by atoms with Gasteiger partial charge < -0.3 is 14.9 Å². The molecule has 0 amide bonds. The lowest BCUT2D eigenvalue weighted by molar-refractivity contribution is -0.386. The lowest BCUT2D eigenvalue weighted by Crippen LogP contribution is -1.98. The Morgan fingerprint density at radius 1 is 1.31 bits per heavy atom. The van der Waals surface area contributed by atoms with Crippen molar-refractivity contribution in [2.75, 3.05) is 7.11 Å². The molecule has 8 heteroatoms. The summed E-state index contributed by atoms with van der Waals surface area (Å²) < 4.78 is 19.0. The van der Waals surface area contributed by atoms with Crippen LogP contribution in [0.2, 0.25) is 0 Å². The zero-order chi connectivity index (χ0) is 19.2. The number of rotatable bonds is 3. The molecule has 2 N–H and O–H groups in total. The quantitative estimate of drug-likeness (QED) is 0.493. The number of carbonyl (C=O) groups is 1. The molecule has 0 unspecified atom stereocenters. The van der Waals surface area contributed by atoms with Gasteiger partial charge in [0.05, 0.1) is 17.6 Å². The van der Waals surface area contributed by atoms with E-state index in [9.17, 15) is 29.5 Å². The van der Waals surface area contributed by atoms with Gasteiger partial charge in [-0.3, -0.25) is 14.9 Å². The average Bonchev–Trinajstić information content (AvgIpc) is 2.85. The van der Waals surface area contributed by atoms with Crippen molar-refractivity contribution in [1.29, 1.82) is 0 Å². The molecule has 0 saturated carbocycles. The maximum atomic E-state index is 14.1. The zero-order valence-electron chi connectivity index (χ0n) is 13.8. The minimum atomic E-state index is -0.778. The van der Waals surface area contributed by atoms with E-state index in [1.807, 2.05) is 0 Å². The van der Waals surface area contributed by atoms with E-state index < -0.39 is 33.9 Å². The molecule has 2 aromatic rings. The highest BCUT2D eigenvalue weighted by Crippen LogP contribution is 2.44. The van der Waals surface area contributed by atoms with Gasteiger partial charge in [-0.15, -0.1) is 0 Å². The molecule has 0 bridgehead atoms. The predicted molar refractivity (Wildman–Crippen MR) is 90.1 cm³/mol. The van der Waals surface area contributed by atoms with E-state index in [0.29, 0.717) is 0 Å². The first-order chi connectivity index (χ1) is 12.3. The number of aromatic hydroxyl groups is 2. The van der Waals surface area contributed by atoms with Crippen LogP contribution in [-0.2, 0) is 0 Å². The van der Waals surface area contributed by atoms with Crippen LogP contribution in [0.5, 0.6) is 17.2 Å². The number of Topliss-reactive ketones (excluding diaryl/α,β-unsaturated/α-hetero) is 1. The Morgan fingerprint density at radius 3 is 2.58 bits per heavy atom. The zero-order valence-corrected chi connectivity index (χ0v) is 13.8. The Hall–Kier alpha value is -3.42. The van der Waals surface area contributed by atoms with Crippen LogP contribution in [0.4, 0.5) is 10.1 Å². The summed E-state index contributed by atoms with van der Waals surface area (Å²) >= 11 is 0. The number of benzene rings is 2. The van der Waals surface area contributed by atoms with E-state index in [-0.39, 0.29) is 33.8 Å². The van der Waals surface area contributed by atoms with E-state index in [1.165, 1.54) is 19.3 Å². The molecule has 134 valence electrons. The third kappa shape index (κ3) is 2.55. The SMILES string of the molecule is COc1cc(/C=C2\C(=O)c3c(O)ccc(F)c3[C@H]2C)cc([N+](=O)[O-])c1O. The number of allylic oxidation sites excluding steroid dienone is 1. The normalized spacial score (nSPS) is 17.4. The average molecular weight is 359 g/mol. The summed E-state index contributed by atoms with van der Waals surface area (Å²) in [7, 11) is 1.24. The number of hydrogen-bond donors (Lipinski definition) is 2. The van der Waals surface area contributed by atoms with Crippen molar-refractivity contribution in [3.63, 3.8) is 0 Å². The van der Waals surface area contributed by atoms with Gasteiger partial charge in [0.1, 0.15) is 11.6 Å². The second-order valence-electron chi connectivity index (χ2n) is 5.85. The molecule has 1 atom stereocenters. The van der Waals surface area contributed by atoms with E-state index in [4.69, 9.17) is 4.74 Å². The van der Waals surface area contributed by atoms with Gasteiger partial charge in [-0.1, -0.05) is 6.92 Å². The monoisotopic (exact) mass is 359 g/mol.